The number of esters is 2. The molecule has 9 nitrogen and oxygen atoms in total. The van der Waals surface area contributed by atoms with Gasteiger partial charge >= 0.3 is 11.9 Å². The largest absolute Gasteiger partial charge is 0.463 e. The molecule has 1 N–H and O–H groups in total. The number of carbonyl (C=O) groups is 2. The molecule has 0 fully saturated rings. The van der Waals surface area contributed by atoms with E-state index in [0.717, 1.165) is 37.9 Å². The third-order valence-electron chi connectivity index (χ3n) is 6.53. The molecule has 0 heterocycles. The number of carbonyl (C=O) groups excluding carboxylic acids is 2. The standard InChI is InChI=1S/C33H57NO8/c1-3-5-7-8-9-10-11-12-13-14-32(35)41-28-26-39-24-22-37-20-21-38-23-25-40-27-29-42-33(36)30-15-17-31(18-16-30)34-19-6-4-2/h15-18,34H,3-14,19-29H2,1-2H3. The van der Waals surface area contributed by atoms with Crippen molar-refractivity contribution in [3.8, 4) is 0 Å². The zero-order chi connectivity index (χ0) is 30.4. The van der Waals surface area contributed by atoms with Crippen molar-refractivity contribution in [1.29, 1.82) is 0 Å². The van der Waals surface area contributed by atoms with Gasteiger partial charge in [-0.2, -0.15) is 0 Å². The molecule has 0 amide bonds. The Hall–Kier alpha value is -2.20. The first kappa shape index (κ1) is 37.8. The Bertz CT molecular complexity index is 759. The fourth-order valence-electron chi connectivity index (χ4n) is 4.04. The van der Waals surface area contributed by atoms with Gasteiger partial charge in [0.25, 0.3) is 0 Å². The molecule has 242 valence electrons. The summed E-state index contributed by atoms with van der Waals surface area (Å²) in [6.45, 7) is 9.13. The van der Waals surface area contributed by atoms with Gasteiger partial charge in [0.2, 0.25) is 0 Å². The molecule has 42 heavy (non-hydrogen) atoms. The first-order valence-corrected chi connectivity index (χ1v) is 16.1. The van der Waals surface area contributed by atoms with Crippen molar-refractivity contribution >= 4 is 17.6 Å². The predicted octanol–water partition coefficient (Wildman–Crippen LogP) is 6.59. The lowest BCUT2D eigenvalue weighted by atomic mass is 10.1. The van der Waals surface area contributed by atoms with E-state index in [0.29, 0.717) is 64.8 Å². The van der Waals surface area contributed by atoms with Crippen molar-refractivity contribution in [2.45, 2.75) is 90.9 Å². The van der Waals surface area contributed by atoms with Crippen LogP contribution in [0.2, 0.25) is 0 Å². The van der Waals surface area contributed by atoms with Crippen molar-refractivity contribution in [2.24, 2.45) is 0 Å². The Morgan fingerprint density at radius 3 is 1.52 bits per heavy atom. The summed E-state index contributed by atoms with van der Waals surface area (Å²) >= 11 is 0. The minimum absolute atomic E-state index is 0.142. The Morgan fingerprint density at radius 2 is 1.00 bits per heavy atom. The summed E-state index contributed by atoms with van der Waals surface area (Å²) in [5, 5.41) is 3.32. The van der Waals surface area contributed by atoms with E-state index in [2.05, 4.69) is 19.2 Å². The van der Waals surface area contributed by atoms with Crippen LogP contribution in [0.15, 0.2) is 24.3 Å². The van der Waals surface area contributed by atoms with E-state index in [1.165, 1.54) is 44.9 Å². The van der Waals surface area contributed by atoms with E-state index >= 15 is 0 Å². The normalized spacial score (nSPS) is 11.0. The molecule has 0 aromatic heterocycles. The number of hydrogen-bond donors (Lipinski definition) is 1. The van der Waals surface area contributed by atoms with Gasteiger partial charge in [0, 0.05) is 18.7 Å². The average Bonchev–Trinajstić information content (AvgIpc) is 3.00. The first-order valence-electron chi connectivity index (χ1n) is 16.1. The second-order valence-corrected chi connectivity index (χ2v) is 10.2. The molecule has 0 radical (unpaired) electrons. The Morgan fingerprint density at radius 1 is 0.548 bits per heavy atom. The number of hydrogen-bond acceptors (Lipinski definition) is 9. The molecular formula is C33H57NO8. The maximum absolute atomic E-state index is 12.1. The van der Waals surface area contributed by atoms with Crippen molar-refractivity contribution in [3.63, 3.8) is 0 Å². The molecule has 0 aliphatic heterocycles. The maximum Gasteiger partial charge on any atom is 0.338 e. The predicted molar refractivity (Wildman–Crippen MR) is 166 cm³/mol. The van der Waals surface area contributed by atoms with Crippen LogP contribution >= 0.6 is 0 Å². The van der Waals surface area contributed by atoms with Crippen LogP contribution in [0.5, 0.6) is 0 Å². The van der Waals surface area contributed by atoms with Crippen LogP contribution in [-0.4, -0.2) is 84.6 Å². The molecular weight excluding hydrogens is 538 g/mol. The van der Waals surface area contributed by atoms with Crippen LogP contribution in [0, 0.1) is 0 Å². The highest BCUT2D eigenvalue weighted by molar-refractivity contribution is 5.89. The van der Waals surface area contributed by atoms with Gasteiger partial charge in [0.15, 0.2) is 0 Å². The van der Waals surface area contributed by atoms with Gasteiger partial charge in [-0.05, 0) is 37.1 Å². The molecule has 1 aromatic rings. The molecule has 0 spiro atoms. The number of anilines is 1. The Labute approximate surface area is 254 Å². The van der Waals surface area contributed by atoms with Crippen molar-refractivity contribution < 1.29 is 38.0 Å². The number of benzene rings is 1. The summed E-state index contributed by atoms with van der Waals surface area (Å²) in [5.41, 5.74) is 1.52. The van der Waals surface area contributed by atoms with Crippen LogP contribution in [0.3, 0.4) is 0 Å². The van der Waals surface area contributed by atoms with Crippen LogP contribution in [-0.2, 0) is 33.2 Å². The van der Waals surface area contributed by atoms with E-state index in [4.69, 9.17) is 28.4 Å². The zero-order valence-electron chi connectivity index (χ0n) is 26.3. The van der Waals surface area contributed by atoms with E-state index in [9.17, 15) is 9.59 Å². The summed E-state index contributed by atoms with van der Waals surface area (Å²) in [4.78, 5) is 23.9. The first-order chi connectivity index (χ1) is 20.7. The molecule has 0 bridgehead atoms. The lowest BCUT2D eigenvalue weighted by Gasteiger charge is -2.09. The van der Waals surface area contributed by atoms with Gasteiger partial charge in [-0.25, -0.2) is 4.79 Å². The van der Waals surface area contributed by atoms with E-state index in [1.807, 2.05) is 12.1 Å². The van der Waals surface area contributed by atoms with Crippen LogP contribution < -0.4 is 5.32 Å². The fourth-order valence-corrected chi connectivity index (χ4v) is 4.04. The average molecular weight is 596 g/mol. The maximum atomic E-state index is 12.1. The summed E-state index contributed by atoms with van der Waals surface area (Å²) in [5.74, 6) is -0.502. The molecule has 9 heteroatoms. The third-order valence-corrected chi connectivity index (χ3v) is 6.53. The van der Waals surface area contributed by atoms with Crippen LogP contribution in [0.1, 0.15) is 101 Å². The monoisotopic (exact) mass is 595 g/mol. The molecule has 0 atom stereocenters. The van der Waals surface area contributed by atoms with Crippen molar-refractivity contribution in [3.05, 3.63) is 29.8 Å². The van der Waals surface area contributed by atoms with Crippen LogP contribution in [0.25, 0.3) is 0 Å². The van der Waals surface area contributed by atoms with E-state index < -0.39 is 0 Å². The Kier molecular flexibility index (Phi) is 26.0. The highest BCUT2D eigenvalue weighted by atomic mass is 16.6. The molecule has 1 aromatic carbocycles. The second kappa shape index (κ2) is 28.9. The lowest BCUT2D eigenvalue weighted by molar-refractivity contribution is -0.145. The van der Waals surface area contributed by atoms with Crippen molar-refractivity contribution in [2.75, 3.05) is 77.9 Å². The lowest BCUT2D eigenvalue weighted by Crippen LogP contribution is -2.15. The fraction of sp³-hybridized carbons (Fsp3) is 0.758. The third kappa shape index (κ3) is 23.4. The van der Waals surface area contributed by atoms with Crippen molar-refractivity contribution in [1.82, 2.24) is 0 Å². The zero-order valence-corrected chi connectivity index (χ0v) is 26.3. The smallest absolute Gasteiger partial charge is 0.338 e. The van der Waals surface area contributed by atoms with Gasteiger partial charge in [-0.3, -0.25) is 4.79 Å². The summed E-state index contributed by atoms with van der Waals surface area (Å²) in [6.07, 6.45) is 13.8. The SMILES string of the molecule is CCCCCCCCCCCC(=O)OCCOCCOCCOCCOCCOC(=O)c1ccc(NCCCC)cc1. The topological polar surface area (TPSA) is 102 Å². The molecule has 0 saturated heterocycles. The molecule has 0 unspecified atom stereocenters. The Balaban J connectivity index is 1.79. The number of nitrogens with one attached hydrogen (secondary N) is 1. The molecule has 0 saturated carbocycles. The van der Waals surface area contributed by atoms with Gasteiger partial charge in [0.05, 0.1) is 58.4 Å². The second-order valence-electron chi connectivity index (χ2n) is 10.2. The highest BCUT2D eigenvalue weighted by Gasteiger charge is 2.07. The molecule has 0 aliphatic carbocycles. The minimum atomic E-state index is -0.360. The molecule has 1 rings (SSSR count). The highest BCUT2D eigenvalue weighted by Crippen LogP contribution is 2.12. The van der Waals surface area contributed by atoms with Crippen LogP contribution in [0.4, 0.5) is 5.69 Å². The van der Waals surface area contributed by atoms with E-state index in [-0.39, 0.29) is 25.2 Å². The summed E-state index contributed by atoms with van der Waals surface area (Å²) in [6, 6.07) is 7.29. The van der Waals surface area contributed by atoms with Gasteiger partial charge in [-0.15, -0.1) is 0 Å². The summed E-state index contributed by atoms with van der Waals surface area (Å²) < 4.78 is 32.2. The van der Waals surface area contributed by atoms with Gasteiger partial charge in [-0.1, -0.05) is 71.6 Å². The van der Waals surface area contributed by atoms with Gasteiger partial charge < -0.3 is 33.7 Å². The number of unbranched alkanes of at least 4 members (excludes halogenated alkanes) is 9. The number of rotatable bonds is 30. The quantitative estimate of drug-likeness (QED) is 0.0780. The number of ether oxygens (including phenoxy) is 6. The van der Waals surface area contributed by atoms with E-state index in [1.54, 1.807) is 12.1 Å². The molecule has 0 aliphatic rings. The summed E-state index contributed by atoms with van der Waals surface area (Å²) in [7, 11) is 0. The van der Waals surface area contributed by atoms with Gasteiger partial charge in [0.1, 0.15) is 13.2 Å². The minimum Gasteiger partial charge on any atom is -0.463 e.